The Labute approximate surface area is 140 Å². The summed E-state index contributed by atoms with van der Waals surface area (Å²) in [6.45, 7) is 1.26. The van der Waals surface area contributed by atoms with Crippen molar-refractivity contribution in [2.45, 2.75) is 12.6 Å². The molecule has 0 N–H and O–H groups in total. The van der Waals surface area contributed by atoms with E-state index in [9.17, 15) is 0 Å². The summed E-state index contributed by atoms with van der Waals surface area (Å²) in [6.07, 6.45) is 0. The molecule has 0 aliphatic rings. The fraction of sp³-hybridized carbons (Fsp3) is 1.00. The van der Waals surface area contributed by atoms with Crippen molar-refractivity contribution >= 4 is 111 Å². The molecule has 0 aromatic heterocycles. The molecule has 0 radical (unpaired) electrons. The van der Waals surface area contributed by atoms with Gasteiger partial charge in [0.05, 0.1) is 0 Å². The Bertz CT molecular complexity index is 150. The second-order valence-electron chi connectivity index (χ2n) is 2.20. The van der Waals surface area contributed by atoms with Crippen molar-refractivity contribution in [3.63, 3.8) is 0 Å². The first kappa shape index (κ1) is 18.3. The molecule has 0 aliphatic carbocycles. The Morgan fingerprint density at radius 3 is 1.33 bits per heavy atom. The number of ether oxygens (including phenoxy) is 1. The summed E-state index contributed by atoms with van der Waals surface area (Å²) < 4.78 is 4.91. The molecule has 0 fully saturated rings. The van der Waals surface area contributed by atoms with Gasteiger partial charge in [0, 0.05) is 0 Å². The van der Waals surface area contributed by atoms with Gasteiger partial charge in [0.2, 0.25) is 0 Å². The number of hydrogen-bond donors (Lipinski definition) is 0. The molecule has 0 bridgehead atoms. The van der Waals surface area contributed by atoms with Crippen LogP contribution in [-0.4, -0.2) is 58.7 Å². The Balaban J connectivity index is 3.20. The molecule has 0 unspecified atom stereocenters. The van der Waals surface area contributed by atoms with E-state index in [2.05, 4.69) is 0 Å². The van der Waals surface area contributed by atoms with Gasteiger partial charge in [-0.1, -0.05) is 0 Å². The van der Waals surface area contributed by atoms with Crippen molar-refractivity contribution in [3.8, 4) is 0 Å². The molecule has 0 heterocycles. The van der Waals surface area contributed by atoms with Crippen LogP contribution in [0.5, 0.6) is 0 Å². The molecule has 92 valence electrons. The monoisotopic (exact) mass is 566 g/mol. The van der Waals surface area contributed by atoms with E-state index in [0.717, 1.165) is 8.94 Å². The van der Waals surface area contributed by atoms with Crippen LogP contribution in [0.2, 0.25) is 8.94 Å². The molecule has 0 saturated carbocycles. The summed E-state index contributed by atoms with van der Waals surface area (Å²) >= 11 is 32.5. The van der Waals surface area contributed by atoms with Crippen LogP contribution in [0.25, 0.3) is 0 Å². The molecular weight excluding hydrogens is 556 g/mol. The van der Waals surface area contributed by atoms with E-state index in [1.165, 1.54) is 0 Å². The molecule has 0 atom stereocenters. The second kappa shape index (κ2) is 9.23. The molecular formula is C6H8Cl6OTe2. The zero-order valence-electron chi connectivity index (χ0n) is 7.32. The summed E-state index contributed by atoms with van der Waals surface area (Å²) in [4.78, 5) is 0. The van der Waals surface area contributed by atoms with Crippen LogP contribution in [0.4, 0.5) is 0 Å². The van der Waals surface area contributed by atoms with Gasteiger partial charge in [-0.3, -0.25) is 0 Å². The topological polar surface area (TPSA) is 9.23 Å². The summed E-state index contributed by atoms with van der Waals surface area (Å²) in [7, 11) is 0. The molecule has 0 amide bonds. The maximum absolute atomic E-state index is 5.62. The van der Waals surface area contributed by atoms with Crippen LogP contribution < -0.4 is 0 Å². The average molecular weight is 564 g/mol. The molecule has 1 nitrogen and oxygen atoms in total. The summed E-state index contributed by atoms with van der Waals surface area (Å²) in [5.74, 6) is 0. The summed E-state index contributed by atoms with van der Waals surface area (Å²) in [5.41, 5.74) is 0. The first-order chi connectivity index (χ1) is 6.71. The van der Waals surface area contributed by atoms with Gasteiger partial charge in [0.25, 0.3) is 0 Å². The third-order valence-corrected chi connectivity index (χ3v) is 9.36. The van der Waals surface area contributed by atoms with Gasteiger partial charge in [-0.25, -0.2) is 0 Å². The molecule has 9 heteroatoms. The van der Waals surface area contributed by atoms with Crippen LogP contribution in [0.15, 0.2) is 0 Å². The van der Waals surface area contributed by atoms with Gasteiger partial charge < -0.3 is 0 Å². The van der Waals surface area contributed by atoms with Gasteiger partial charge in [-0.15, -0.1) is 0 Å². The zero-order valence-corrected chi connectivity index (χ0v) is 16.5. The SMILES string of the molecule is ClC(Cl)(Cl)[Te]CCOCC[Te]C(Cl)(Cl)Cl. The number of halogens is 6. The van der Waals surface area contributed by atoms with Crippen molar-refractivity contribution in [1.82, 2.24) is 0 Å². The standard InChI is InChI=1S/C6H8Cl6OTe2/c7-5(8,9)14-3-1-13-2-4-15-6(10,11)12/h1-4H2. The zero-order chi connectivity index (χ0) is 11.9. The van der Waals surface area contributed by atoms with Gasteiger partial charge >= 0.3 is 142 Å². The van der Waals surface area contributed by atoms with Crippen molar-refractivity contribution in [3.05, 3.63) is 0 Å². The quantitative estimate of drug-likeness (QED) is 0.271. The summed E-state index contributed by atoms with van der Waals surface area (Å²) in [6, 6.07) is 0. The first-order valence-corrected chi connectivity index (χ1v) is 11.6. The minimum absolute atomic E-state index is 0.628. The van der Waals surface area contributed by atoms with Crippen LogP contribution in [-0.2, 0) is 4.74 Å². The van der Waals surface area contributed by atoms with E-state index >= 15 is 0 Å². The molecule has 0 rings (SSSR count). The average Bonchev–Trinajstić information content (AvgIpc) is 1.98. The number of rotatable bonds is 6. The van der Waals surface area contributed by atoms with E-state index < -0.39 is 45.5 Å². The number of hydrogen-bond acceptors (Lipinski definition) is 1. The van der Waals surface area contributed by atoms with E-state index in [-0.39, 0.29) is 0 Å². The van der Waals surface area contributed by atoms with Gasteiger partial charge in [-0.05, 0) is 0 Å². The van der Waals surface area contributed by atoms with Crippen molar-refractivity contribution < 1.29 is 4.74 Å². The van der Waals surface area contributed by atoms with Crippen LogP contribution in [0, 0.1) is 0 Å². The Morgan fingerprint density at radius 2 is 1.07 bits per heavy atom. The van der Waals surface area contributed by atoms with E-state index in [1.54, 1.807) is 0 Å². The summed E-state index contributed by atoms with van der Waals surface area (Å²) in [5, 5.41) is 0. The molecule has 0 aromatic rings. The van der Waals surface area contributed by atoms with E-state index in [4.69, 9.17) is 74.3 Å². The second-order valence-corrected chi connectivity index (χ2v) is 18.5. The van der Waals surface area contributed by atoms with E-state index in [1.807, 2.05) is 0 Å². The predicted octanol–water partition coefficient (Wildman–Crippen LogP) is 3.90. The molecule has 0 spiro atoms. The van der Waals surface area contributed by atoms with Crippen LogP contribution in [0.1, 0.15) is 0 Å². The molecule has 0 aliphatic heterocycles. The van der Waals surface area contributed by atoms with Gasteiger partial charge in [-0.2, -0.15) is 0 Å². The normalized spacial score (nSPS) is 13.2. The van der Waals surface area contributed by atoms with Crippen LogP contribution >= 0.6 is 69.6 Å². The Morgan fingerprint density at radius 1 is 0.733 bits per heavy atom. The third kappa shape index (κ3) is 17.3. The first-order valence-electron chi connectivity index (χ1n) is 3.70. The molecule has 0 saturated heterocycles. The Kier molecular flexibility index (Phi) is 11.2. The van der Waals surface area contributed by atoms with Gasteiger partial charge in [0.1, 0.15) is 0 Å². The molecule has 15 heavy (non-hydrogen) atoms. The number of alkyl halides is 6. The van der Waals surface area contributed by atoms with E-state index in [0.29, 0.717) is 13.2 Å². The maximum atomic E-state index is 5.62. The van der Waals surface area contributed by atoms with Gasteiger partial charge in [0.15, 0.2) is 0 Å². The molecule has 0 aromatic carbocycles. The third-order valence-electron chi connectivity index (χ3n) is 0.987. The minimum atomic E-state index is -1.06. The fourth-order valence-corrected chi connectivity index (χ4v) is 6.11. The fourth-order valence-electron chi connectivity index (χ4n) is 0.535. The van der Waals surface area contributed by atoms with Crippen LogP contribution in [0.3, 0.4) is 0 Å². The van der Waals surface area contributed by atoms with Crippen molar-refractivity contribution in [2.75, 3.05) is 13.2 Å². The Hall–Kier alpha value is 3.28. The van der Waals surface area contributed by atoms with Crippen molar-refractivity contribution in [2.24, 2.45) is 0 Å². The van der Waals surface area contributed by atoms with Crippen molar-refractivity contribution in [1.29, 1.82) is 0 Å². The predicted molar refractivity (Wildman–Crippen MR) is 72.5 cm³/mol.